The highest BCUT2D eigenvalue weighted by molar-refractivity contribution is 7.92. The third kappa shape index (κ3) is 5.95. The number of carbonyl (C=O) groups is 2. The van der Waals surface area contributed by atoms with E-state index in [1.165, 1.54) is 22.3 Å². The van der Waals surface area contributed by atoms with Gasteiger partial charge in [0.05, 0.1) is 17.5 Å². The number of epoxide rings is 1. The Morgan fingerprint density at radius 3 is 2.82 bits per heavy atom. The van der Waals surface area contributed by atoms with E-state index in [2.05, 4.69) is 9.62 Å². The smallest absolute Gasteiger partial charge is 0.242 e. The number of likely N-dealkylation sites (N-methyl/N-ethyl adjacent to an activating group) is 1. The van der Waals surface area contributed by atoms with Crippen LogP contribution in [0.25, 0.3) is 6.08 Å². The van der Waals surface area contributed by atoms with Crippen molar-refractivity contribution in [2.24, 2.45) is 0 Å². The van der Waals surface area contributed by atoms with E-state index in [0.717, 1.165) is 11.8 Å². The first-order valence-electron chi connectivity index (χ1n) is 11.0. The second-order valence-electron chi connectivity index (χ2n) is 8.92. The zero-order valence-electron chi connectivity index (χ0n) is 18.7. The van der Waals surface area contributed by atoms with Gasteiger partial charge in [-0.05, 0) is 51.4 Å². The first kappa shape index (κ1) is 24.6. The molecule has 4 rings (SSSR count). The summed E-state index contributed by atoms with van der Waals surface area (Å²) in [5.74, 6) is -0.475. The van der Waals surface area contributed by atoms with E-state index in [9.17, 15) is 18.0 Å². The Hall–Kier alpha value is -1.50. The molecule has 1 aromatic heterocycles. The Balaban J connectivity index is 1.31. The average Bonchev–Trinajstić information content (AvgIpc) is 3.15. The first-order chi connectivity index (χ1) is 15.6. The fourth-order valence-corrected chi connectivity index (χ4v) is 6.33. The van der Waals surface area contributed by atoms with Gasteiger partial charge in [-0.3, -0.25) is 14.5 Å². The third-order valence-electron chi connectivity index (χ3n) is 6.54. The molecular weight excluding hydrogens is 488 g/mol. The number of halogens is 1. The summed E-state index contributed by atoms with van der Waals surface area (Å²) in [6.07, 6.45) is 3.33. The van der Waals surface area contributed by atoms with Crippen molar-refractivity contribution in [3.05, 3.63) is 26.8 Å². The Labute approximate surface area is 203 Å². The predicted octanol–water partition coefficient (Wildman–Crippen LogP) is 1.56. The molecule has 3 fully saturated rings. The van der Waals surface area contributed by atoms with Crippen molar-refractivity contribution >= 4 is 50.9 Å². The van der Waals surface area contributed by atoms with E-state index in [-0.39, 0.29) is 30.1 Å². The molecule has 3 saturated heterocycles. The van der Waals surface area contributed by atoms with Gasteiger partial charge in [0.1, 0.15) is 11.8 Å². The monoisotopic (exact) mass is 516 g/mol. The summed E-state index contributed by atoms with van der Waals surface area (Å²) in [6.45, 7) is 4.38. The van der Waals surface area contributed by atoms with Crippen LogP contribution in [-0.4, -0.2) is 92.6 Å². The molecule has 0 radical (unpaired) electrons. The number of likely N-dealkylation sites (tertiary alicyclic amines) is 2. The molecule has 33 heavy (non-hydrogen) atoms. The molecule has 0 spiro atoms. The predicted molar refractivity (Wildman–Crippen MR) is 127 cm³/mol. The van der Waals surface area contributed by atoms with Crippen molar-refractivity contribution in [1.82, 2.24) is 19.4 Å². The van der Waals surface area contributed by atoms with Crippen molar-refractivity contribution in [2.75, 3.05) is 39.8 Å². The molecule has 3 aliphatic rings. The number of nitrogens with zero attached hydrogens (tertiary/aromatic N) is 3. The van der Waals surface area contributed by atoms with Crippen molar-refractivity contribution in [3.8, 4) is 0 Å². The van der Waals surface area contributed by atoms with Crippen molar-refractivity contribution in [2.45, 2.75) is 44.0 Å². The lowest BCUT2D eigenvalue weighted by molar-refractivity contribution is -0.142. The molecular formula is C21H29ClN4O5S2. The SMILES string of the molecule is CN(C1CCN(C(=O)CN2CCC[C@H](NS(=O)(=O)/C=C/c3ccc(Cl)s3)C2=O)C1)C1(C)CO1. The van der Waals surface area contributed by atoms with Gasteiger partial charge < -0.3 is 14.5 Å². The van der Waals surface area contributed by atoms with Crippen LogP contribution in [-0.2, 0) is 24.3 Å². The van der Waals surface area contributed by atoms with Crippen LogP contribution < -0.4 is 4.72 Å². The highest BCUT2D eigenvalue weighted by atomic mass is 35.5. The summed E-state index contributed by atoms with van der Waals surface area (Å²) in [7, 11) is -1.81. The summed E-state index contributed by atoms with van der Waals surface area (Å²) in [5.41, 5.74) is -0.235. The zero-order valence-corrected chi connectivity index (χ0v) is 21.1. The van der Waals surface area contributed by atoms with Crippen LogP contribution in [0.4, 0.5) is 0 Å². The standard InChI is InChI=1S/C21H29ClN4O5S2/c1-21(14-31-21)24(2)15-7-10-25(12-15)19(27)13-26-9-3-4-17(20(26)28)23-33(29,30)11-8-16-5-6-18(22)32-16/h5-6,8,11,15,17,23H,3-4,7,9-10,12-14H2,1-2H3/b11-8+/t15?,17-,21?/m0/s1. The van der Waals surface area contributed by atoms with Crippen LogP contribution in [0.3, 0.4) is 0 Å². The van der Waals surface area contributed by atoms with Gasteiger partial charge in [0.15, 0.2) is 0 Å². The minimum absolute atomic E-state index is 0.0369. The lowest BCUT2D eigenvalue weighted by Gasteiger charge is -2.33. The molecule has 2 unspecified atom stereocenters. The van der Waals surface area contributed by atoms with E-state index in [0.29, 0.717) is 48.3 Å². The van der Waals surface area contributed by atoms with E-state index in [1.807, 2.05) is 14.0 Å². The highest BCUT2D eigenvalue weighted by Crippen LogP contribution is 2.33. The minimum atomic E-state index is -3.82. The number of hydrogen-bond donors (Lipinski definition) is 1. The van der Waals surface area contributed by atoms with Gasteiger partial charge >= 0.3 is 0 Å². The van der Waals surface area contributed by atoms with Crippen LogP contribution in [0.5, 0.6) is 0 Å². The number of amides is 2. The minimum Gasteiger partial charge on any atom is -0.354 e. The Morgan fingerprint density at radius 1 is 1.39 bits per heavy atom. The average molecular weight is 517 g/mol. The number of carbonyl (C=O) groups excluding carboxylic acids is 2. The van der Waals surface area contributed by atoms with Crippen LogP contribution in [0.2, 0.25) is 4.34 Å². The molecule has 12 heteroatoms. The largest absolute Gasteiger partial charge is 0.354 e. The maximum Gasteiger partial charge on any atom is 0.242 e. The van der Waals surface area contributed by atoms with Gasteiger partial charge in [0.25, 0.3) is 0 Å². The second-order valence-corrected chi connectivity index (χ2v) is 12.3. The van der Waals surface area contributed by atoms with Gasteiger partial charge in [-0.25, -0.2) is 8.42 Å². The number of sulfonamides is 1. The van der Waals surface area contributed by atoms with Gasteiger partial charge in [0, 0.05) is 36.0 Å². The van der Waals surface area contributed by atoms with Crippen molar-refractivity contribution in [3.63, 3.8) is 0 Å². The second kappa shape index (κ2) is 9.63. The molecule has 0 aliphatic carbocycles. The maximum atomic E-state index is 12.9. The van der Waals surface area contributed by atoms with Gasteiger partial charge in [-0.15, -0.1) is 11.3 Å². The number of hydrogen-bond acceptors (Lipinski definition) is 7. The molecule has 0 bridgehead atoms. The van der Waals surface area contributed by atoms with E-state index < -0.39 is 16.1 Å². The van der Waals surface area contributed by atoms with Crippen LogP contribution in [0.15, 0.2) is 17.5 Å². The van der Waals surface area contributed by atoms with Crippen LogP contribution in [0, 0.1) is 0 Å². The maximum absolute atomic E-state index is 12.9. The first-order valence-corrected chi connectivity index (χ1v) is 13.7. The summed E-state index contributed by atoms with van der Waals surface area (Å²) in [6, 6.07) is 2.75. The molecule has 1 N–H and O–H groups in total. The van der Waals surface area contributed by atoms with Gasteiger partial charge in [-0.2, -0.15) is 4.72 Å². The molecule has 2 amide bonds. The summed E-state index contributed by atoms with van der Waals surface area (Å²) in [4.78, 5) is 31.9. The number of thiophene rings is 1. The Morgan fingerprint density at radius 2 is 2.15 bits per heavy atom. The zero-order chi connectivity index (χ0) is 23.8. The van der Waals surface area contributed by atoms with Crippen LogP contribution in [0.1, 0.15) is 31.1 Å². The quantitative estimate of drug-likeness (QED) is 0.526. The molecule has 3 aliphatic heterocycles. The highest BCUT2D eigenvalue weighted by Gasteiger charge is 2.47. The molecule has 0 saturated carbocycles. The Kier molecular flexibility index (Phi) is 7.18. The summed E-state index contributed by atoms with van der Waals surface area (Å²) < 4.78 is 33.4. The van der Waals surface area contributed by atoms with E-state index >= 15 is 0 Å². The summed E-state index contributed by atoms with van der Waals surface area (Å²) >= 11 is 7.13. The topological polar surface area (TPSA) is 103 Å². The van der Waals surface area contributed by atoms with E-state index in [1.54, 1.807) is 17.0 Å². The van der Waals surface area contributed by atoms with Crippen molar-refractivity contribution in [1.29, 1.82) is 0 Å². The van der Waals surface area contributed by atoms with E-state index in [4.69, 9.17) is 16.3 Å². The molecule has 1 aromatic rings. The number of rotatable bonds is 8. The molecule has 0 aromatic carbocycles. The number of ether oxygens (including phenoxy) is 1. The van der Waals surface area contributed by atoms with Gasteiger partial charge in [0.2, 0.25) is 21.8 Å². The molecule has 182 valence electrons. The third-order valence-corrected chi connectivity index (χ3v) is 8.84. The van der Waals surface area contributed by atoms with Gasteiger partial charge in [-0.1, -0.05) is 11.6 Å². The Bertz CT molecular complexity index is 1040. The molecule has 3 atom stereocenters. The molecule has 9 nitrogen and oxygen atoms in total. The fraction of sp³-hybridized carbons (Fsp3) is 0.619. The lowest BCUT2D eigenvalue weighted by atomic mass is 10.1. The number of piperidine rings is 1. The lowest BCUT2D eigenvalue weighted by Crippen LogP contribution is -2.54. The fourth-order valence-electron chi connectivity index (χ4n) is 4.26. The number of nitrogens with one attached hydrogen (secondary N) is 1. The molecule has 4 heterocycles. The normalized spacial score (nSPS) is 28.3. The summed E-state index contributed by atoms with van der Waals surface area (Å²) in [5, 5.41) is 1.04. The van der Waals surface area contributed by atoms with Crippen molar-refractivity contribution < 1.29 is 22.7 Å². The van der Waals surface area contributed by atoms with Crippen LogP contribution >= 0.6 is 22.9 Å².